The van der Waals surface area contributed by atoms with E-state index in [1.54, 1.807) is 0 Å². The van der Waals surface area contributed by atoms with Gasteiger partial charge in [-0.2, -0.15) is 0 Å². The van der Waals surface area contributed by atoms with Crippen LogP contribution in [0.2, 0.25) is 0 Å². The fraction of sp³-hybridized carbons (Fsp3) is 0.357. The van der Waals surface area contributed by atoms with E-state index in [0.29, 0.717) is 6.54 Å². The summed E-state index contributed by atoms with van der Waals surface area (Å²) >= 11 is 0. The van der Waals surface area contributed by atoms with Crippen molar-refractivity contribution in [3.8, 4) is 12.3 Å². The summed E-state index contributed by atoms with van der Waals surface area (Å²) < 4.78 is 0. The van der Waals surface area contributed by atoms with Crippen LogP contribution in [0.3, 0.4) is 0 Å². The van der Waals surface area contributed by atoms with E-state index < -0.39 is 0 Å². The highest BCUT2D eigenvalue weighted by Crippen LogP contribution is 2.17. The van der Waals surface area contributed by atoms with Crippen LogP contribution in [0.5, 0.6) is 0 Å². The van der Waals surface area contributed by atoms with Crippen molar-refractivity contribution in [1.82, 2.24) is 4.90 Å². The molecule has 82 valence electrons. The van der Waals surface area contributed by atoms with E-state index in [2.05, 4.69) is 5.92 Å². The van der Waals surface area contributed by atoms with Crippen molar-refractivity contribution < 1.29 is 4.79 Å². The summed E-state index contributed by atoms with van der Waals surface area (Å²) in [7, 11) is 0. The highest BCUT2D eigenvalue weighted by Gasteiger charge is 2.22. The molecule has 1 saturated heterocycles. The summed E-state index contributed by atoms with van der Waals surface area (Å²) in [6, 6.07) is 9.38. The number of carbonyl (C=O) groups is 1. The zero-order valence-corrected chi connectivity index (χ0v) is 9.23. The van der Waals surface area contributed by atoms with E-state index in [1.165, 1.54) is 0 Å². The molecule has 0 bridgehead atoms. The van der Waals surface area contributed by atoms with E-state index in [9.17, 15) is 4.79 Å². The van der Waals surface area contributed by atoms with E-state index in [0.717, 1.165) is 24.9 Å². The SMILES string of the molecule is C#C[C@@H]1CCCN(C(=O)c2ccccc2)C1. The van der Waals surface area contributed by atoms with Gasteiger partial charge in [-0.3, -0.25) is 4.79 Å². The molecule has 1 aromatic carbocycles. The number of nitrogens with zero attached hydrogens (tertiary/aromatic N) is 1. The maximum absolute atomic E-state index is 12.1. The number of hydrogen-bond donors (Lipinski definition) is 0. The molecule has 2 rings (SSSR count). The third-order valence-corrected chi connectivity index (χ3v) is 2.97. The molecule has 1 fully saturated rings. The minimum Gasteiger partial charge on any atom is -0.337 e. The number of benzene rings is 1. The average molecular weight is 213 g/mol. The standard InChI is InChI=1S/C14H15NO/c1-2-12-7-6-10-15(11-12)14(16)13-8-4-3-5-9-13/h1,3-5,8-9,12H,6-7,10-11H2/t12-/m1/s1. The minimum atomic E-state index is 0.0977. The number of amides is 1. The van der Waals surface area contributed by atoms with E-state index in [-0.39, 0.29) is 11.8 Å². The minimum absolute atomic E-state index is 0.0977. The zero-order chi connectivity index (χ0) is 11.4. The molecule has 1 aliphatic rings. The molecule has 16 heavy (non-hydrogen) atoms. The first-order chi connectivity index (χ1) is 7.81. The Morgan fingerprint density at radius 1 is 1.38 bits per heavy atom. The summed E-state index contributed by atoms with van der Waals surface area (Å²) in [6.45, 7) is 1.52. The van der Waals surface area contributed by atoms with Gasteiger partial charge >= 0.3 is 0 Å². The summed E-state index contributed by atoms with van der Waals surface area (Å²) in [6.07, 6.45) is 7.46. The Balaban J connectivity index is 2.08. The summed E-state index contributed by atoms with van der Waals surface area (Å²) in [4.78, 5) is 14.0. The van der Waals surface area contributed by atoms with Crippen LogP contribution >= 0.6 is 0 Å². The molecule has 0 unspecified atom stereocenters. The lowest BCUT2D eigenvalue weighted by Crippen LogP contribution is -2.39. The van der Waals surface area contributed by atoms with Crippen LogP contribution in [-0.2, 0) is 0 Å². The van der Waals surface area contributed by atoms with Gasteiger partial charge in [0, 0.05) is 24.6 Å². The number of likely N-dealkylation sites (tertiary alicyclic amines) is 1. The first-order valence-corrected chi connectivity index (χ1v) is 5.61. The number of carbonyl (C=O) groups excluding carboxylic acids is 1. The van der Waals surface area contributed by atoms with E-state index in [4.69, 9.17) is 6.42 Å². The van der Waals surface area contributed by atoms with Gasteiger partial charge < -0.3 is 4.90 Å². The first kappa shape index (κ1) is 10.8. The summed E-state index contributed by atoms with van der Waals surface area (Å²) in [5.74, 6) is 3.07. The first-order valence-electron chi connectivity index (χ1n) is 5.61. The Morgan fingerprint density at radius 2 is 2.12 bits per heavy atom. The molecule has 1 heterocycles. The van der Waals surface area contributed by atoms with Crippen molar-refractivity contribution in [2.24, 2.45) is 5.92 Å². The topological polar surface area (TPSA) is 20.3 Å². The Labute approximate surface area is 96.3 Å². The molecule has 1 atom stereocenters. The molecular formula is C14H15NO. The average Bonchev–Trinajstić information content (AvgIpc) is 2.39. The largest absolute Gasteiger partial charge is 0.337 e. The number of piperidine rings is 1. The van der Waals surface area contributed by atoms with Crippen molar-refractivity contribution in [2.75, 3.05) is 13.1 Å². The zero-order valence-electron chi connectivity index (χ0n) is 9.23. The van der Waals surface area contributed by atoms with Crippen molar-refractivity contribution in [2.45, 2.75) is 12.8 Å². The Bertz CT molecular complexity index is 404. The van der Waals surface area contributed by atoms with E-state index >= 15 is 0 Å². The van der Waals surface area contributed by atoms with Gasteiger partial charge in [0.15, 0.2) is 0 Å². The van der Waals surface area contributed by atoms with Crippen LogP contribution in [0.25, 0.3) is 0 Å². The third-order valence-electron chi connectivity index (χ3n) is 2.97. The van der Waals surface area contributed by atoms with Crippen LogP contribution < -0.4 is 0 Å². The molecule has 0 N–H and O–H groups in total. The number of hydrogen-bond acceptors (Lipinski definition) is 1. The fourth-order valence-corrected chi connectivity index (χ4v) is 2.06. The highest BCUT2D eigenvalue weighted by atomic mass is 16.2. The van der Waals surface area contributed by atoms with Crippen LogP contribution in [0.15, 0.2) is 30.3 Å². The number of rotatable bonds is 1. The number of terminal acetylenes is 1. The second-order valence-corrected chi connectivity index (χ2v) is 4.12. The summed E-state index contributed by atoms with van der Waals surface area (Å²) in [5, 5.41) is 0. The van der Waals surface area contributed by atoms with Crippen LogP contribution in [0.4, 0.5) is 0 Å². The predicted octanol–water partition coefficient (Wildman–Crippen LogP) is 2.17. The lowest BCUT2D eigenvalue weighted by molar-refractivity contribution is 0.0699. The van der Waals surface area contributed by atoms with Crippen molar-refractivity contribution >= 4 is 5.91 Å². The molecular weight excluding hydrogens is 198 g/mol. The molecule has 0 aliphatic carbocycles. The van der Waals surface area contributed by atoms with Gasteiger partial charge in [0.1, 0.15) is 0 Å². The Morgan fingerprint density at radius 3 is 2.81 bits per heavy atom. The van der Waals surface area contributed by atoms with Crippen molar-refractivity contribution in [3.05, 3.63) is 35.9 Å². The monoisotopic (exact) mass is 213 g/mol. The van der Waals surface area contributed by atoms with Crippen LogP contribution in [0, 0.1) is 18.3 Å². The second kappa shape index (κ2) is 4.85. The normalized spacial score (nSPS) is 20.2. The second-order valence-electron chi connectivity index (χ2n) is 4.12. The highest BCUT2D eigenvalue weighted by molar-refractivity contribution is 5.94. The van der Waals surface area contributed by atoms with Gasteiger partial charge in [-0.1, -0.05) is 18.2 Å². The molecule has 1 aliphatic heterocycles. The van der Waals surface area contributed by atoms with Crippen molar-refractivity contribution in [3.63, 3.8) is 0 Å². The van der Waals surface area contributed by atoms with Crippen LogP contribution in [0.1, 0.15) is 23.2 Å². The predicted molar refractivity (Wildman–Crippen MR) is 63.9 cm³/mol. The summed E-state index contributed by atoms with van der Waals surface area (Å²) in [5.41, 5.74) is 0.750. The lowest BCUT2D eigenvalue weighted by atomic mass is 9.98. The molecule has 0 radical (unpaired) electrons. The molecule has 0 saturated carbocycles. The fourth-order valence-electron chi connectivity index (χ4n) is 2.06. The lowest BCUT2D eigenvalue weighted by Gasteiger charge is -2.30. The molecule has 2 nitrogen and oxygen atoms in total. The molecule has 1 aromatic rings. The van der Waals surface area contributed by atoms with Gasteiger partial charge in [0.05, 0.1) is 0 Å². The molecule has 0 aromatic heterocycles. The maximum Gasteiger partial charge on any atom is 0.253 e. The molecule has 0 spiro atoms. The Hall–Kier alpha value is -1.75. The van der Waals surface area contributed by atoms with Crippen LogP contribution in [-0.4, -0.2) is 23.9 Å². The molecule has 2 heteroatoms. The van der Waals surface area contributed by atoms with Gasteiger partial charge in [0.2, 0.25) is 0 Å². The van der Waals surface area contributed by atoms with Gasteiger partial charge in [-0.15, -0.1) is 12.3 Å². The quantitative estimate of drug-likeness (QED) is 0.655. The Kier molecular flexibility index (Phi) is 3.26. The molecule has 1 amide bonds. The van der Waals surface area contributed by atoms with Crippen molar-refractivity contribution in [1.29, 1.82) is 0 Å². The third kappa shape index (κ3) is 2.25. The maximum atomic E-state index is 12.1. The van der Waals surface area contributed by atoms with E-state index in [1.807, 2.05) is 35.2 Å². The van der Waals surface area contributed by atoms with Gasteiger partial charge in [-0.05, 0) is 25.0 Å². The van der Waals surface area contributed by atoms with Gasteiger partial charge in [-0.25, -0.2) is 0 Å². The van der Waals surface area contributed by atoms with Gasteiger partial charge in [0.25, 0.3) is 5.91 Å². The smallest absolute Gasteiger partial charge is 0.253 e.